The van der Waals surface area contributed by atoms with Gasteiger partial charge < -0.3 is 25.6 Å². The number of imide groups is 2. The van der Waals surface area contributed by atoms with Crippen molar-refractivity contribution in [1.29, 1.82) is 0 Å². The van der Waals surface area contributed by atoms with E-state index in [-0.39, 0.29) is 60.6 Å². The Hall–Kier alpha value is -4.93. The Labute approximate surface area is 302 Å². The van der Waals surface area contributed by atoms with Crippen LogP contribution in [-0.2, 0) is 21.4 Å². The Morgan fingerprint density at radius 2 is 1.75 bits per heavy atom. The molecule has 0 aliphatic carbocycles. The molecule has 1 aromatic heterocycles. The molecule has 2 fully saturated rings. The number of hydrogen-bond acceptors (Lipinski definition) is 11. The number of amides is 5. The van der Waals surface area contributed by atoms with Gasteiger partial charge in [0.25, 0.3) is 23.3 Å². The first-order chi connectivity index (χ1) is 24.5. The van der Waals surface area contributed by atoms with Gasteiger partial charge in [0.15, 0.2) is 0 Å². The summed E-state index contributed by atoms with van der Waals surface area (Å²) < 4.78 is 7.41. The molecule has 0 spiro atoms. The van der Waals surface area contributed by atoms with E-state index in [1.54, 1.807) is 25.4 Å². The lowest BCUT2D eigenvalue weighted by Crippen LogP contribution is -2.54. The largest absolute Gasteiger partial charge is 0.382 e. The first kappa shape index (κ1) is 35.9. The molecule has 4 N–H and O–H groups in total. The van der Waals surface area contributed by atoms with Crippen LogP contribution in [-0.4, -0.2) is 108 Å². The second kappa shape index (κ2) is 15.5. The Bertz CT molecular complexity index is 1920. The third kappa shape index (κ3) is 7.87. The van der Waals surface area contributed by atoms with Crippen molar-refractivity contribution in [3.8, 4) is 0 Å². The highest BCUT2D eigenvalue weighted by Crippen LogP contribution is 2.33. The van der Waals surface area contributed by atoms with Gasteiger partial charge in [-0.25, -0.2) is 4.68 Å². The molecule has 3 aliphatic rings. The standard InChI is InChI=1S/C35H39BrN8O7/c1-42-18-22(16-23(19-42)40-26-17-39-43(2)35(50)30(26)36)20-6-8-21(9-7-20)31(46)38-13-15-51-14-12-37-25-5-3-4-24-29(25)34(49)44(33(24)48)27-10-11-28(45)41-32(27)47/h3-9,17,22-23,27,37,40H,10-16,18-19H2,1-2H3,(H,38,46)(H,41,45,47)/t22-,23+,27?/m0/s1. The molecule has 3 aromatic rings. The van der Waals surface area contributed by atoms with Crippen molar-refractivity contribution in [1.82, 2.24) is 30.2 Å². The van der Waals surface area contributed by atoms with Crippen LogP contribution in [0, 0.1) is 0 Å². The van der Waals surface area contributed by atoms with Crippen molar-refractivity contribution in [3.05, 3.63) is 85.7 Å². The molecular formula is C35H39BrN8O7. The van der Waals surface area contributed by atoms with Gasteiger partial charge in [-0.1, -0.05) is 18.2 Å². The Balaban J connectivity index is 0.934. The van der Waals surface area contributed by atoms with E-state index in [9.17, 15) is 28.8 Å². The zero-order valence-electron chi connectivity index (χ0n) is 28.2. The van der Waals surface area contributed by atoms with Crippen LogP contribution in [0.1, 0.15) is 61.8 Å². The molecule has 0 bridgehead atoms. The Morgan fingerprint density at radius 3 is 2.51 bits per heavy atom. The van der Waals surface area contributed by atoms with E-state index in [2.05, 4.69) is 54.2 Å². The molecule has 268 valence electrons. The Kier molecular flexibility index (Phi) is 10.9. The number of hydrogen-bond donors (Lipinski definition) is 4. The number of likely N-dealkylation sites (N-methyl/N-ethyl adjacent to an activating group) is 1. The monoisotopic (exact) mass is 762 g/mol. The molecule has 2 aromatic carbocycles. The summed E-state index contributed by atoms with van der Waals surface area (Å²) in [5.74, 6) is -2.21. The number of rotatable bonds is 12. The number of nitrogens with one attached hydrogen (secondary N) is 4. The highest BCUT2D eigenvalue weighted by atomic mass is 79.9. The number of carbonyl (C=O) groups is 5. The summed E-state index contributed by atoms with van der Waals surface area (Å²) in [7, 11) is 3.67. The molecule has 5 amide bonds. The molecule has 0 radical (unpaired) electrons. The normalized spacial score (nSPS) is 20.6. The van der Waals surface area contributed by atoms with Gasteiger partial charge in [-0.3, -0.25) is 39.0 Å². The average Bonchev–Trinajstić information content (AvgIpc) is 3.37. The minimum atomic E-state index is -1.03. The van der Waals surface area contributed by atoms with Crippen LogP contribution >= 0.6 is 15.9 Å². The van der Waals surface area contributed by atoms with Gasteiger partial charge in [-0.05, 0) is 71.6 Å². The molecule has 2 saturated heterocycles. The number of anilines is 2. The summed E-state index contributed by atoms with van der Waals surface area (Å²) in [5.41, 5.74) is 2.95. The van der Waals surface area contributed by atoms with Crippen LogP contribution in [0.2, 0.25) is 0 Å². The van der Waals surface area contributed by atoms with Gasteiger partial charge in [0.1, 0.15) is 10.5 Å². The topological polar surface area (TPSA) is 184 Å². The van der Waals surface area contributed by atoms with E-state index in [1.165, 1.54) is 10.7 Å². The number of likely N-dealkylation sites (tertiary alicyclic amines) is 1. The van der Waals surface area contributed by atoms with Crippen molar-refractivity contribution >= 4 is 56.8 Å². The molecule has 3 atom stereocenters. The van der Waals surface area contributed by atoms with Crippen molar-refractivity contribution in [2.45, 2.75) is 37.3 Å². The second-order valence-corrected chi connectivity index (χ2v) is 13.7. The van der Waals surface area contributed by atoms with Crippen LogP contribution < -0.4 is 26.8 Å². The van der Waals surface area contributed by atoms with E-state index in [4.69, 9.17) is 4.74 Å². The number of halogens is 1. The van der Waals surface area contributed by atoms with Crippen LogP contribution in [0.4, 0.5) is 11.4 Å². The fourth-order valence-corrected chi connectivity index (χ4v) is 7.24. The first-order valence-electron chi connectivity index (χ1n) is 16.7. The fraction of sp³-hybridized carbons (Fsp3) is 0.400. The van der Waals surface area contributed by atoms with Crippen LogP contribution in [0.15, 0.2) is 57.9 Å². The summed E-state index contributed by atoms with van der Waals surface area (Å²) in [4.78, 5) is 78.4. The molecule has 15 nitrogen and oxygen atoms in total. The van der Waals surface area contributed by atoms with Crippen molar-refractivity contribution in [3.63, 3.8) is 0 Å². The van der Waals surface area contributed by atoms with E-state index < -0.39 is 29.7 Å². The summed E-state index contributed by atoms with van der Waals surface area (Å²) in [6, 6.07) is 11.5. The smallest absolute Gasteiger partial charge is 0.282 e. The molecule has 0 saturated carbocycles. The number of fused-ring (bicyclic) bond motifs is 1. The van der Waals surface area contributed by atoms with E-state index in [1.807, 2.05) is 24.3 Å². The summed E-state index contributed by atoms with van der Waals surface area (Å²) >= 11 is 3.39. The SMILES string of the molecule is CN1C[C@H](Nc2cnn(C)c(=O)c2Br)C[C@H](c2ccc(C(=O)NCCOCCNc3cccc4c3C(=O)N(C3CCC(=O)NC3=O)C4=O)cc2)C1. The van der Waals surface area contributed by atoms with Crippen LogP contribution in [0.5, 0.6) is 0 Å². The van der Waals surface area contributed by atoms with Crippen LogP contribution in [0.3, 0.4) is 0 Å². The predicted molar refractivity (Wildman–Crippen MR) is 191 cm³/mol. The molecule has 4 heterocycles. The van der Waals surface area contributed by atoms with E-state index >= 15 is 0 Å². The van der Waals surface area contributed by atoms with Crippen LogP contribution in [0.25, 0.3) is 0 Å². The third-order valence-electron chi connectivity index (χ3n) is 9.28. The van der Waals surface area contributed by atoms with Gasteiger partial charge >= 0.3 is 0 Å². The molecule has 3 aliphatic heterocycles. The minimum Gasteiger partial charge on any atom is -0.382 e. The van der Waals surface area contributed by atoms with Gasteiger partial charge in [0.05, 0.1) is 36.2 Å². The lowest BCUT2D eigenvalue weighted by atomic mass is 9.87. The zero-order chi connectivity index (χ0) is 36.2. The first-order valence-corrected chi connectivity index (χ1v) is 17.5. The number of ether oxygens (including phenoxy) is 1. The van der Waals surface area contributed by atoms with Crippen molar-refractivity contribution < 1.29 is 28.7 Å². The highest BCUT2D eigenvalue weighted by Gasteiger charge is 2.45. The van der Waals surface area contributed by atoms with Crippen molar-refractivity contribution in [2.75, 3.05) is 57.1 Å². The van der Waals surface area contributed by atoms with Gasteiger partial charge in [0.2, 0.25) is 11.8 Å². The molecule has 51 heavy (non-hydrogen) atoms. The molecule has 16 heteroatoms. The maximum Gasteiger partial charge on any atom is 0.282 e. The maximum atomic E-state index is 13.2. The molecule has 6 rings (SSSR count). The van der Waals surface area contributed by atoms with E-state index in [0.29, 0.717) is 34.5 Å². The number of piperidine rings is 2. The predicted octanol–water partition coefficient (Wildman–Crippen LogP) is 1.70. The minimum absolute atomic E-state index is 0.0508. The number of carbonyl (C=O) groups excluding carboxylic acids is 5. The van der Waals surface area contributed by atoms with Crippen molar-refractivity contribution in [2.24, 2.45) is 7.05 Å². The number of benzene rings is 2. The summed E-state index contributed by atoms with van der Waals surface area (Å²) in [5, 5.41) is 15.8. The lowest BCUT2D eigenvalue weighted by Gasteiger charge is -2.37. The maximum absolute atomic E-state index is 13.2. The Morgan fingerprint density at radius 1 is 0.980 bits per heavy atom. The second-order valence-electron chi connectivity index (χ2n) is 12.9. The number of nitrogens with zero attached hydrogens (tertiary/aromatic N) is 4. The van der Waals surface area contributed by atoms with Gasteiger partial charge in [-0.15, -0.1) is 0 Å². The fourth-order valence-electron chi connectivity index (χ4n) is 6.76. The third-order valence-corrected chi connectivity index (χ3v) is 10.0. The summed E-state index contributed by atoms with van der Waals surface area (Å²) in [6.45, 7) is 2.85. The summed E-state index contributed by atoms with van der Waals surface area (Å²) in [6.07, 6.45) is 2.64. The number of aryl methyl sites for hydroxylation is 1. The number of aromatic nitrogens is 2. The molecule has 1 unspecified atom stereocenters. The van der Waals surface area contributed by atoms with Gasteiger partial charge in [0, 0.05) is 56.9 Å². The van der Waals surface area contributed by atoms with E-state index in [0.717, 1.165) is 30.0 Å². The average molecular weight is 764 g/mol. The van der Waals surface area contributed by atoms with Gasteiger partial charge in [-0.2, -0.15) is 5.10 Å². The molecular weight excluding hydrogens is 724 g/mol. The lowest BCUT2D eigenvalue weighted by molar-refractivity contribution is -0.136. The zero-order valence-corrected chi connectivity index (χ0v) is 29.8. The quantitative estimate of drug-likeness (QED) is 0.156. The highest BCUT2D eigenvalue weighted by molar-refractivity contribution is 9.10.